The predicted octanol–water partition coefficient (Wildman–Crippen LogP) is 2.91. The standard InChI is InChI=1S/C14H13N5S/c1-19(10-6-4-3-5-7-10)13-12-11(16-9-17-13)8-15-14(18-12)20-2/h3-9H,1-2H3. The molecule has 3 aromatic rings. The van der Waals surface area contributed by atoms with Gasteiger partial charge < -0.3 is 4.90 Å². The Morgan fingerprint density at radius 3 is 2.60 bits per heavy atom. The molecule has 2 heterocycles. The first-order valence-electron chi connectivity index (χ1n) is 6.10. The van der Waals surface area contributed by atoms with Crippen molar-refractivity contribution < 1.29 is 0 Å². The van der Waals surface area contributed by atoms with Crippen molar-refractivity contribution in [3.8, 4) is 0 Å². The number of hydrogen-bond donors (Lipinski definition) is 0. The van der Waals surface area contributed by atoms with E-state index < -0.39 is 0 Å². The molecule has 20 heavy (non-hydrogen) atoms. The first-order chi connectivity index (χ1) is 9.79. The van der Waals surface area contributed by atoms with E-state index in [2.05, 4.69) is 19.9 Å². The minimum Gasteiger partial charge on any atom is -0.328 e. The Balaban J connectivity index is 2.15. The Kier molecular flexibility index (Phi) is 3.47. The molecule has 0 bridgehead atoms. The highest BCUT2D eigenvalue weighted by atomic mass is 32.2. The minimum atomic E-state index is 0.718. The average molecular weight is 283 g/mol. The molecule has 3 rings (SSSR count). The summed E-state index contributed by atoms with van der Waals surface area (Å²) in [6, 6.07) is 10.0. The van der Waals surface area contributed by atoms with Crippen LogP contribution in [-0.2, 0) is 0 Å². The molecule has 1 aromatic carbocycles. The average Bonchev–Trinajstić information content (AvgIpc) is 2.54. The molecule has 0 aliphatic rings. The second-order valence-electron chi connectivity index (χ2n) is 4.18. The first-order valence-corrected chi connectivity index (χ1v) is 7.32. The third-order valence-electron chi connectivity index (χ3n) is 2.98. The summed E-state index contributed by atoms with van der Waals surface area (Å²) in [5.41, 5.74) is 2.56. The van der Waals surface area contributed by atoms with Gasteiger partial charge in [-0.2, -0.15) is 0 Å². The molecular weight excluding hydrogens is 270 g/mol. The van der Waals surface area contributed by atoms with Gasteiger partial charge in [0.15, 0.2) is 11.0 Å². The molecule has 0 atom stereocenters. The van der Waals surface area contributed by atoms with Gasteiger partial charge in [-0.25, -0.2) is 19.9 Å². The summed E-state index contributed by atoms with van der Waals surface area (Å²) in [6.07, 6.45) is 5.23. The van der Waals surface area contributed by atoms with E-state index in [1.807, 2.05) is 48.5 Å². The summed E-state index contributed by atoms with van der Waals surface area (Å²) in [6.45, 7) is 0. The topological polar surface area (TPSA) is 54.8 Å². The SMILES string of the molecule is CSc1ncc2ncnc(N(C)c3ccccc3)c2n1. The predicted molar refractivity (Wildman–Crippen MR) is 81.4 cm³/mol. The van der Waals surface area contributed by atoms with Gasteiger partial charge in [0.2, 0.25) is 0 Å². The number of anilines is 2. The van der Waals surface area contributed by atoms with Crippen LogP contribution in [0.3, 0.4) is 0 Å². The molecule has 0 aliphatic heterocycles. The highest BCUT2D eigenvalue weighted by Gasteiger charge is 2.12. The van der Waals surface area contributed by atoms with Crippen LogP contribution in [0.15, 0.2) is 48.0 Å². The number of rotatable bonds is 3. The molecule has 0 fully saturated rings. The van der Waals surface area contributed by atoms with Gasteiger partial charge in [-0.15, -0.1) is 0 Å². The van der Waals surface area contributed by atoms with E-state index in [0.29, 0.717) is 0 Å². The number of nitrogens with zero attached hydrogens (tertiary/aromatic N) is 5. The molecule has 0 unspecified atom stereocenters. The molecule has 0 saturated heterocycles. The lowest BCUT2D eigenvalue weighted by Gasteiger charge is -2.19. The second-order valence-corrected chi connectivity index (χ2v) is 4.96. The van der Waals surface area contributed by atoms with Crippen LogP contribution in [0.1, 0.15) is 0 Å². The largest absolute Gasteiger partial charge is 0.328 e. The Morgan fingerprint density at radius 1 is 1.05 bits per heavy atom. The van der Waals surface area contributed by atoms with Gasteiger partial charge in [0.1, 0.15) is 17.4 Å². The third-order valence-corrected chi connectivity index (χ3v) is 3.54. The molecule has 0 radical (unpaired) electrons. The Hall–Kier alpha value is -2.21. The first kappa shape index (κ1) is 12.8. The van der Waals surface area contributed by atoms with Crippen molar-refractivity contribution in [2.24, 2.45) is 0 Å². The van der Waals surface area contributed by atoms with Crippen molar-refractivity contribution in [2.45, 2.75) is 5.16 Å². The summed E-state index contributed by atoms with van der Waals surface area (Å²) in [4.78, 5) is 19.4. The third kappa shape index (κ3) is 2.30. The lowest BCUT2D eigenvalue weighted by Crippen LogP contribution is -2.12. The Bertz CT molecular complexity index is 732. The zero-order valence-corrected chi connectivity index (χ0v) is 12.0. The smallest absolute Gasteiger partial charge is 0.188 e. The van der Waals surface area contributed by atoms with E-state index in [4.69, 9.17) is 0 Å². The molecule has 0 saturated carbocycles. The van der Waals surface area contributed by atoms with Crippen LogP contribution >= 0.6 is 11.8 Å². The number of fused-ring (bicyclic) bond motifs is 1. The Labute approximate surface area is 121 Å². The van der Waals surface area contributed by atoms with Crippen LogP contribution in [0.2, 0.25) is 0 Å². The molecule has 100 valence electrons. The van der Waals surface area contributed by atoms with E-state index in [-0.39, 0.29) is 0 Å². The van der Waals surface area contributed by atoms with Gasteiger partial charge >= 0.3 is 0 Å². The van der Waals surface area contributed by atoms with Gasteiger partial charge in [-0.05, 0) is 18.4 Å². The van der Waals surface area contributed by atoms with Crippen molar-refractivity contribution in [1.82, 2.24) is 19.9 Å². The van der Waals surface area contributed by atoms with E-state index in [0.717, 1.165) is 27.7 Å². The van der Waals surface area contributed by atoms with Crippen molar-refractivity contribution in [3.05, 3.63) is 42.9 Å². The summed E-state index contributed by atoms with van der Waals surface area (Å²) in [5, 5.41) is 0.718. The molecule has 2 aromatic heterocycles. The van der Waals surface area contributed by atoms with Crippen molar-refractivity contribution in [1.29, 1.82) is 0 Å². The maximum absolute atomic E-state index is 4.53. The van der Waals surface area contributed by atoms with Crippen LogP contribution in [0.5, 0.6) is 0 Å². The maximum atomic E-state index is 4.53. The molecule has 0 N–H and O–H groups in total. The van der Waals surface area contributed by atoms with Crippen molar-refractivity contribution in [2.75, 3.05) is 18.2 Å². The van der Waals surface area contributed by atoms with Crippen LogP contribution in [0, 0.1) is 0 Å². The number of thioether (sulfide) groups is 1. The van der Waals surface area contributed by atoms with E-state index in [1.165, 1.54) is 11.8 Å². The van der Waals surface area contributed by atoms with E-state index in [9.17, 15) is 0 Å². The molecule has 6 heteroatoms. The molecular formula is C14H13N5S. The lowest BCUT2D eigenvalue weighted by molar-refractivity contribution is 0.983. The van der Waals surface area contributed by atoms with Crippen molar-refractivity contribution in [3.63, 3.8) is 0 Å². The van der Waals surface area contributed by atoms with Crippen LogP contribution in [-0.4, -0.2) is 33.2 Å². The minimum absolute atomic E-state index is 0.718. The van der Waals surface area contributed by atoms with Gasteiger partial charge in [0.05, 0.1) is 6.20 Å². The normalized spacial score (nSPS) is 10.7. The summed E-state index contributed by atoms with van der Waals surface area (Å²) >= 11 is 1.50. The zero-order chi connectivity index (χ0) is 13.9. The number of benzene rings is 1. The maximum Gasteiger partial charge on any atom is 0.188 e. The van der Waals surface area contributed by atoms with E-state index >= 15 is 0 Å². The summed E-state index contributed by atoms with van der Waals surface area (Å²) in [7, 11) is 1.97. The van der Waals surface area contributed by atoms with Crippen LogP contribution in [0.4, 0.5) is 11.5 Å². The fraction of sp³-hybridized carbons (Fsp3) is 0.143. The van der Waals surface area contributed by atoms with Crippen LogP contribution in [0.25, 0.3) is 11.0 Å². The number of para-hydroxylation sites is 1. The zero-order valence-electron chi connectivity index (χ0n) is 11.2. The summed E-state index contributed by atoms with van der Waals surface area (Å²) in [5.74, 6) is 0.777. The van der Waals surface area contributed by atoms with Gasteiger partial charge in [0, 0.05) is 12.7 Å². The fourth-order valence-electron chi connectivity index (χ4n) is 1.94. The molecule has 5 nitrogen and oxygen atoms in total. The van der Waals surface area contributed by atoms with Crippen LogP contribution < -0.4 is 4.90 Å². The lowest BCUT2D eigenvalue weighted by atomic mass is 10.3. The highest BCUT2D eigenvalue weighted by Crippen LogP contribution is 2.27. The van der Waals surface area contributed by atoms with E-state index in [1.54, 1.807) is 12.5 Å². The monoisotopic (exact) mass is 283 g/mol. The van der Waals surface area contributed by atoms with Gasteiger partial charge in [-0.3, -0.25) is 0 Å². The highest BCUT2D eigenvalue weighted by molar-refractivity contribution is 7.98. The fourth-order valence-corrected chi connectivity index (χ4v) is 2.28. The second kappa shape index (κ2) is 5.42. The molecule has 0 spiro atoms. The molecule has 0 amide bonds. The quantitative estimate of drug-likeness (QED) is 0.544. The number of hydrogen-bond acceptors (Lipinski definition) is 6. The number of aromatic nitrogens is 4. The Morgan fingerprint density at radius 2 is 1.85 bits per heavy atom. The van der Waals surface area contributed by atoms with Gasteiger partial charge in [0.25, 0.3) is 0 Å². The molecule has 0 aliphatic carbocycles. The summed E-state index contributed by atoms with van der Waals surface area (Å²) < 4.78 is 0. The van der Waals surface area contributed by atoms with Crippen molar-refractivity contribution >= 4 is 34.3 Å². The van der Waals surface area contributed by atoms with Gasteiger partial charge in [-0.1, -0.05) is 30.0 Å².